The van der Waals surface area contributed by atoms with Crippen molar-refractivity contribution >= 4 is 40.1 Å². The summed E-state index contributed by atoms with van der Waals surface area (Å²) in [7, 11) is 0. The second-order valence-electron chi connectivity index (χ2n) is 8.32. The fraction of sp³-hybridized carbons (Fsp3) is 0.240. The number of aromatic amines is 1. The van der Waals surface area contributed by atoms with Crippen LogP contribution >= 0.6 is 11.8 Å². The average molecular weight is 476 g/mol. The van der Waals surface area contributed by atoms with Crippen LogP contribution in [0.25, 0.3) is 22.3 Å². The minimum Gasteiger partial charge on any atom is -0.377 e. The molecule has 34 heavy (non-hydrogen) atoms. The van der Waals surface area contributed by atoms with Crippen molar-refractivity contribution in [1.82, 2.24) is 15.0 Å². The molecule has 172 valence electrons. The largest absolute Gasteiger partial charge is 0.377 e. The number of nitrogens with zero attached hydrogens (tertiary/aromatic N) is 4. The van der Waals surface area contributed by atoms with Crippen LogP contribution in [0.4, 0.5) is 15.9 Å². The number of nitrogens with one attached hydrogen (secondary N) is 1. The number of morpholine rings is 1. The van der Waals surface area contributed by atoms with Crippen LogP contribution in [-0.4, -0.2) is 52.9 Å². The van der Waals surface area contributed by atoms with Gasteiger partial charge >= 0.3 is 0 Å². The van der Waals surface area contributed by atoms with E-state index in [0.29, 0.717) is 49.1 Å². The quantitative estimate of drug-likeness (QED) is 0.445. The minimum atomic E-state index is -0.435. The number of thioether (sulfide) groups is 1. The number of hydrogen-bond acceptors (Lipinski definition) is 6. The van der Waals surface area contributed by atoms with Crippen LogP contribution in [-0.2, 0) is 16.1 Å². The third-order valence-electron chi connectivity index (χ3n) is 6.41. The van der Waals surface area contributed by atoms with E-state index in [2.05, 4.69) is 22.1 Å². The van der Waals surface area contributed by atoms with E-state index in [9.17, 15) is 9.18 Å². The zero-order valence-electron chi connectivity index (χ0n) is 18.5. The number of aromatic nitrogens is 3. The van der Waals surface area contributed by atoms with Crippen LogP contribution in [0.3, 0.4) is 0 Å². The predicted octanol–water partition coefficient (Wildman–Crippen LogP) is 4.24. The van der Waals surface area contributed by atoms with Gasteiger partial charge in [-0.05, 0) is 42.2 Å². The van der Waals surface area contributed by atoms with E-state index in [1.54, 1.807) is 35.1 Å². The van der Waals surface area contributed by atoms with Crippen molar-refractivity contribution in [2.24, 2.45) is 0 Å². The van der Waals surface area contributed by atoms with Gasteiger partial charge < -0.3 is 19.5 Å². The first kappa shape index (κ1) is 21.1. The third kappa shape index (κ3) is 3.43. The van der Waals surface area contributed by atoms with Crippen molar-refractivity contribution in [3.8, 4) is 11.4 Å². The number of benzene rings is 2. The van der Waals surface area contributed by atoms with Gasteiger partial charge in [-0.25, -0.2) is 14.4 Å². The summed E-state index contributed by atoms with van der Waals surface area (Å²) < 4.78 is 19.9. The second kappa shape index (κ2) is 8.41. The predicted molar refractivity (Wildman–Crippen MR) is 131 cm³/mol. The van der Waals surface area contributed by atoms with Crippen molar-refractivity contribution in [2.75, 3.05) is 35.8 Å². The van der Waals surface area contributed by atoms with Crippen molar-refractivity contribution in [3.63, 3.8) is 0 Å². The Labute approximate surface area is 200 Å². The topological polar surface area (TPSA) is 74.3 Å². The van der Waals surface area contributed by atoms with Gasteiger partial charge in [0.25, 0.3) is 5.91 Å². The summed E-state index contributed by atoms with van der Waals surface area (Å²) in [6.45, 7) is 1.83. The van der Waals surface area contributed by atoms with E-state index in [-0.39, 0.29) is 11.7 Å². The molecule has 0 radical (unpaired) electrons. The highest BCUT2D eigenvalue weighted by molar-refractivity contribution is 7.98. The summed E-state index contributed by atoms with van der Waals surface area (Å²) in [5, 5.41) is 0.719. The Hall–Kier alpha value is -3.43. The molecule has 1 atom stereocenters. The first-order valence-electron chi connectivity index (χ1n) is 11.1. The molecule has 2 aliphatic heterocycles. The SMILES string of the molecule is CSc1ccc(CN2C(=O)C3COCCN3c3nc(-c4ccc(F)c5[nH]ccc45)ncc32)cc1. The lowest BCUT2D eigenvalue weighted by Gasteiger charge is -2.44. The maximum atomic E-state index is 14.2. The van der Waals surface area contributed by atoms with Crippen LogP contribution < -0.4 is 9.80 Å². The summed E-state index contributed by atoms with van der Waals surface area (Å²) in [5.41, 5.74) is 2.86. The fourth-order valence-corrected chi connectivity index (χ4v) is 5.06. The van der Waals surface area contributed by atoms with Gasteiger partial charge in [-0.3, -0.25) is 4.79 Å². The molecule has 0 bridgehead atoms. The number of anilines is 2. The molecular weight excluding hydrogens is 453 g/mol. The normalized spacial score (nSPS) is 17.7. The van der Waals surface area contributed by atoms with Crippen molar-refractivity contribution in [3.05, 3.63) is 66.2 Å². The molecule has 0 spiro atoms. The van der Waals surface area contributed by atoms with Gasteiger partial charge in [-0.2, -0.15) is 0 Å². The lowest BCUT2D eigenvalue weighted by molar-refractivity contribution is -0.122. The number of amides is 1. The summed E-state index contributed by atoms with van der Waals surface area (Å²) >= 11 is 1.68. The van der Waals surface area contributed by atoms with Gasteiger partial charge in [0.05, 0.1) is 31.5 Å². The molecule has 2 aliphatic rings. The minimum absolute atomic E-state index is 0.0210. The van der Waals surface area contributed by atoms with Gasteiger partial charge in [0, 0.05) is 28.6 Å². The monoisotopic (exact) mass is 475 g/mol. The smallest absolute Gasteiger partial charge is 0.252 e. The highest BCUT2D eigenvalue weighted by atomic mass is 32.2. The van der Waals surface area contributed by atoms with E-state index in [4.69, 9.17) is 9.72 Å². The standard InChI is InChI=1S/C25H22FN5O2S/c1-34-16-4-2-15(3-5-16)13-31-20-12-28-23(18-6-7-19(26)22-17(18)8-9-27-22)29-24(20)30-10-11-33-14-21(30)25(31)32/h2-9,12,21,27H,10-11,13-14H2,1H3. The van der Waals surface area contributed by atoms with Crippen LogP contribution in [0, 0.1) is 5.82 Å². The van der Waals surface area contributed by atoms with E-state index >= 15 is 0 Å². The third-order valence-corrected chi connectivity index (χ3v) is 7.15. The Morgan fingerprint density at radius 2 is 2.06 bits per heavy atom. The number of carbonyl (C=O) groups is 1. The molecule has 1 unspecified atom stereocenters. The number of rotatable bonds is 4. The molecule has 9 heteroatoms. The Morgan fingerprint density at radius 3 is 2.88 bits per heavy atom. The van der Waals surface area contributed by atoms with Crippen LogP contribution in [0.1, 0.15) is 5.56 Å². The van der Waals surface area contributed by atoms with Crippen molar-refractivity contribution in [2.45, 2.75) is 17.5 Å². The first-order valence-corrected chi connectivity index (χ1v) is 12.3. The van der Waals surface area contributed by atoms with Crippen LogP contribution in [0.2, 0.25) is 0 Å². The average Bonchev–Trinajstić information content (AvgIpc) is 3.38. The number of fused-ring (bicyclic) bond motifs is 4. The lowest BCUT2D eigenvalue weighted by Crippen LogP contribution is -2.58. The molecule has 1 amide bonds. The summed E-state index contributed by atoms with van der Waals surface area (Å²) in [6, 6.07) is 12.7. The van der Waals surface area contributed by atoms with Crippen molar-refractivity contribution in [1.29, 1.82) is 0 Å². The Kier molecular flexibility index (Phi) is 5.23. The molecule has 4 heterocycles. The molecule has 7 nitrogen and oxygen atoms in total. The Balaban J connectivity index is 1.45. The molecular formula is C25H22FN5O2S. The number of hydrogen-bond donors (Lipinski definition) is 1. The van der Waals surface area contributed by atoms with Gasteiger partial charge in [-0.1, -0.05) is 12.1 Å². The Bertz CT molecular complexity index is 1390. The number of carbonyl (C=O) groups excluding carboxylic acids is 1. The van der Waals surface area contributed by atoms with Gasteiger partial charge in [0.15, 0.2) is 11.6 Å². The van der Waals surface area contributed by atoms with E-state index in [0.717, 1.165) is 16.5 Å². The zero-order valence-corrected chi connectivity index (χ0v) is 19.3. The molecule has 1 N–H and O–H groups in total. The highest BCUT2D eigenvalue weighted by Crippen LogP contribution is 2.38. The second-order valence-corrected chi connectivity index (χ2v) is 9.20. The van der Waals surface area contributed by atoms with Gasteiger partial charge in [0.2, 0.25) is 0 Å². The summed E-state index contributed by atoms with van der Waals surface area (Å²) in [5.74, 6) is 0.852. The van der Waals surface area contributed by atoms with E-state index < -0.39 is 6.04 Å². The number of halogens is 1. The van der Waals surface area contributed by atoms with E-state index in [1.165, 1.54) is 11.0 Å². The molecule has 6 rings (SSSR count). The fourth-order valence-electron chi connectivity index (χ4n) is 4.65. The molecule has 0 saturated carbocycles. The van der Waals surface area contributed by atoms with E-state index in [1.807, 2.05) is 29.4 Å². The number of ether oxygens (including phenoxy) is 1. The molecule has 1 fully saturated rings. The van der Waals surface area contributed by atoms with Gasteiger partial charge in [0.1, 0.15) is 17.5 Å². The Morgan fingerprint density at radius 1 is 1.21 bits per heavy atom. The molecule has 0 aliphatic carbocycles. The zero-order chi connectivity index (χ0) is 23.2. The summed E-state index contributed by atoms with van der Waals surface area (Å²) in [4.78, 5) is 30.9. The highest BCUT2D eigenvalue weighted by Gasteiger charge is 2.41. The lowest BCUT2D eigenvalue weighted by atomic mass is 10.1. The van der Waals surface area contributed by atoms with Crippen LogP contribution in [0.5, 0.6) is 0 Å². The maximum Gasteiger partial charge on any atom is 0.252 e. The molecule has 1 saturated heterocycles. The molecule has 2 aromatic heterocycles. The molecule has 4 aromatic rings. The first-order chi connectivity index (χ1) is 16.6. The number of H-pyrrole nitrogens is 1. The molecule has 2 aromatic carbocycles. The van der Waals surface area contributed by atoms with Gasteiger partial charge in [-0.15, -0.1) is 11.8 Å². The summed E-state index contributed by atoms with van der Waals surface area (Å²) in [6.07, 6.45) is 5.45. The maximum absolute atomic E-state index is 14.2. The van der Waals surface area contributed by atoms with Crippen molar-refractivity contribution < 1.29 is 13.9 Å². The van der Waals surface area contributed by atoms with Crippen LogP contribution in [0.15, 0.2) is 59.8 Å².